The molecule has 1 heterocycles. The second-order valence-corrected chi connectivity index (χ2v) is 5.39. The van der Waals surface area contributed by atoms with Gasteiger partial charge in [0.1, 0.15) is 17.1 Å². The predicted molar refractivity (Wildman–Crippen MR) is 82.7 cm³/mol. The number of Topliss-reactive ketones (excluding diaryl/α,β-unsaturated/α-hetero) is 2. The maximum Gasteiger partial charge on any atom is 0.264 e. The van der Waals surface area contributed by atoms with Crippen LogP contribution in [0.1, 0.15) is 37.4 Å². The van der Waals surface area contributed by atoms with Crippen molar-refractivity contribution in [2.75, 3.05) is 5.73 Å². The number of fused-ring (bicyclic) bond motifs is 1. The summed E-state index contributed by atoms with van der Waals surface area (Å²) in [5.41, 5.74) is 3.26. The van der Waals surface area contributed by atoms with E-state index in [-0.39, 0.29) is 22.4 Å². The average molecular weight is 303 g/mol. The van der Waals surface area contributed by atoms with E-state index in [1.807, 2.05) is 0 Å². The molecule has 1 saturated carbocycles. The van der Waals surface area contributed by atoms with Crippen molar-refractivity contribution in [1.29, 1.82) is 0 Å². The van der Waals surface area contributed by atoms with Gasteiger partial charge in [-0.25, -0.2) is 4.98 Å². The SMILES string of the molecule is [2H]C1([2H])C(=O)CC(=O)[C@@](C)(n2c(C)nc3cccc(N)c3c2=O)C1([2H])[2H]. The summed E-state index contributed by atoms with van der Waals surface area (Å²) in [4.78, 5) is 42.0. The molecule has 0 spiro atoms. The van der Waals surface area contributed by atoms with Crippen LogP contribution in [0.25, 0.3) is 10.9 Å². The molecule has 22 heavy (non-hydrogen) atoms. The van der Waals surface area contributed by atoms with Crippen LogP contribution in [0.2, 0.25) is 0 Å². The first kappa shape index (κ1) is 10.3. The van der Waals surface area contributed by atoms with E-state index in [0.29, 0.717) is 0 Å². The lowest BCUT2D eigenvalue weighted by molar-refractivity contribution is -0.136. The molecule has 0 aliphatic heterocycles. The van der Waals surface area contributed by atoms with E-state index >= 15 is 0 Å². The molecular formula is C16H17N3O3. The molecule has 0 amide bonds. The molecule has 1 fully saturated rings. The first-order valence-corrected chi connectivity index (χ1v) is 6.72. The quantitative estimate of drug-likeness (QED) is 0.633. The van der Waals surface area contributed by atoms with Crippen LogP contribution in [0.15, 0.2) is 23.0 Å². The highest BCUT2D eigenvalue weighted by Gasteiger charge is 2.41. The molecule has 0 bridgehead atoms. The molecule has 1 aliphatic rings. The van der Waals surface area contributed by atoms with Crippen molar-refractivity contribution in [2.24, 2.45) is 0 Å². The van der Waals surface area contributed by atoms with E-state index in [1.54, 1.807) is 12.1 Å². The largest absolute Gasteiger partial charge is 0.398 e. The molecule has 2 N–H and O–H groups in total. The van der Waals surface area contributed by atoms with Crippen LogP contribution in [0.3, 0.4) is 0 Å². The lowest BCUT2D eigenvalue weighted by Crippen LogP contribution is -2.49. The molecule has 1 aromatic carbocycles. The van der Waals surface area contributed by atoms with Gasteiger partial charge < -0.3 is 5.73 Å². The van der Waals surface area contributed by atoms with Gasteiger partial charge in [-0.15, -0.1) is 0 Å². The number of hydrogen-bond acceptors (Lipinski definition) is 5. The number of nitrogens with zero attached hydrogens (tertiary/aromatic N) is 2. The highest BCUT2D eigenvalue weighted by atomic mass is 16.2. The van der Waals surface area contributed by atoms with Gasteiger partial charge in [-0.05, 0) is 32.4 Å². The van der Waals surface area contributed by atoms with Crippen molar-refractivity contribution in [3.05, 3.63) is 34.4 Å². The fraction of sp³-hybridized carbons (Fsp3) is 0.375. The summed E-state index contributed by atoms with van der Waals surface area (Å²) in [5, 5.41) is 0.0142. The minimum absolute atomic E-state index is 0.0142. The van der Waals surface area contributed by atoms with Gasteiger partial charge in [-0.3, -0.25) is 19.0 Å². The second-order valence-electron chi connectivity index (χ2n) is 5.39. The summed E-state index contributed by atoms with van der Waals surface area (Å²) in [6.45, 7) is 2.55. The van der Waals surface area contributed by atoms with Crippen molar-refractivity contribution in [3.8, 4) is 0 Å². The monoisotopic (exact) mass is 303 g/mol. The number of benzene rings is 1. The van der Waals surface area contributed by atoms with Crippen LogP contribution in [-0.4, -0.2) is 21.1 Å². The number of carbonyl (C=O) groups excluding carboxylic acids is 2. The van der Waals surface area contributed by atoms with Gasteiger partial charge >= 0.3 is 0 Å². The summed E-state index contributed by atoms with van der Waals surface area (Å²) in [6, 6.07) is 4.65. The molecule has 0 saturated heterocycles. The lowest BCUT2D eigenvalue weighted by atomic mass is 9.81. The van der Waals surface area contributed by atoms with Gasteiger partial charge in [0.25, 0.3) is 5.56 Å². The van der Waals surface area contributed by atoms with E-state index in [0.717, 1.165) is 11.5 Å². The fourth-order valence-corrected chi connectivity index (χ4v) is 2.70. The summed E-state index contributed by atoms with van der Waals surface area (Å²) in [6.07, 6.45) is -6.73. The number of ketones is 2. The second kappa shape index (κ2) is 4.76. The number of hydrogen-bond donors (Lipinski definition) is 1. The van der Waals surface area contributed by atoms with E-state index in [1.165, 1.54) is 13.0 Å². The van der Waals surface area contributed by atoms with E-state index < -0.39 is 41.8 Å². The zero-order valence-electron chi connectivity index (χ0n) is 16.1. The molecule has 114 valence electrons. The van der Waals surface area contributed by atoms with Crippen LogP contribution >= 0.6 is 0 Å². The Morgan fingerprint density at radius 1 is 1.36 bits per heavy atom. The minimum Gasteiger partial charge on any atom is -0.398 e. The van der Waals surface area contributed by atoms with Crippen LogP contribution in [0.4, 0.5) is 5.69 Å². The smallest absolute Gasteiger partial charge is 0.264 e. The topological polar surface area (TPSA) is 95.1 Å². The highest BCUT2D eigenvalue weighted by Crippen LogP contribution is 2.30. The molecule has 1 aliphatic carbocycles. The highest BCUT2D eigenvalue weighted by molar-refractivity contribution is 6.05. The maximum absolute atomic E-state index is 13.1. The number of aromatic nitrogens is 2. The molecule has 0 radical (unpaired) electrons. The van der Waals surface area contributed by atoms with Crippen molar-refractivity contribution in [2.45, 2.75) is 38.6 Å². The van der Waals surface area contributed by atoms with Crippen molar-refractivity contribution < 1.29 is 15.1 Å². The number of aryl methyl sites for hydroxylation is 1. The molecule has 1 aromatic heterocycles. The minimum atomic E-state index is -2.97. The van der Waals surface area contributed by atoms with Crippen molar-refractivity contribution in [1.82, 2.24) is 9.55 Å². The maximum atomic E-state index is 13.1. The number of nitrogen functional groups attached to an aromatic ring is 1. The third-order valence-corrected chi connectivity index (χ3v) is 3.85. The van der Waals surface area contributed by atoms with Crippen LogP contribution < -0.4 is 11.3 Å². The Bertz CT molecular complexity index is 1030. The van der Waals surface area contributed by atoms with Gasteiger partial charge in [0.2, 0.25) is 0 Å². The average Bonchev–Trinajstić information content (AvgIpc) is 2.52. The van der Waals surface area contributed by atoms with Crippen molar-refractivity contribution in [3.63, 3.8) is 0 Å². The Balaban J connectivity index is 2.45. The standard InChI is InChI=1S/C16H17N3O3/c1-9-18-12-5-3-4-11(17)14(12)15(22)19(9)16(2)7-6-10(20)8-13(16)21/h3-5H,6-8,17H2,1-2H3/t16-/m0/s1/i6D2,7D2. The number of nitrogens with two attached hydrogens (primary N) is 1. The van der Waals surface area contributed by atoms with E-state index in [2.05, 4.69) is 4.98 Å². The number of anilines is 1. The molecule has 6 nitrogen and oxygen atoms in total. The Kier molecular flexibility index (Phi) is 2.22. The lowest BCUT2D eigenvalue weighted by Gasteiger charge is -2.34. The van der Waals surface area contributed by atoms with Crippen LogP contribution in [0.5, 0.6) is 0 Å². The Morgan fingerprint density at radius 3 is 2.82 bits per heavy atom. The first-order chi connectivity index (χ1) is 11.9. The summed E-state index contributed by atoms with van der Waals surface area (Å²) < 4.78 is 33.2. The van der Waals surface area contributed by atoms with Gasteiger partial charge in [0.05, 0.1) is 17.3 Å². The first-order valence-electron chi connectivity index (χ1n) is 8.72. The third kappa shape index (κ3) is 1.94. The van der Waals surface area contributed by atoms with E-state index in [9.17, 15) is 14.4 Å². The summed E-state index contributed by atoms with van der Waals surface area (Å²) in [7, 11) is 0. The van der Waals surface area contributed by atoms with Crippen LogP contribution in [0, 0.1) is 6.92 Å². The predicted octanol–water partition coefficient (Wildman–Crippen LogP) is 1.32. The summed E-state index contributed by atoms with van der Waals surface area (Å²) in [5.74, 6) is -2.01. The van der Waals surface area contributed by atoms with Crippen LogP contribution in [-0.2, 0) is 15.1 Å². The van der Waals surface area contributed by atoms with Gasteiger partial charge in [0.15, 0.2) is 5.78 Å². The molecule has 3 rings (SSSR count). The van der Waals surface area contributed by atoms with Crippen molar-refractivity contribution >= 4 is 28.2 Å². The summed E-state index contributed by atoms with van der Waals surface area (Å²) >= 11 is 0. The molecule has 0 unspecified atom stereocenters. The molecule has 2 aromatic rings. The van der Waals surface area contributed by atoms with Gasteiger partial charge in [-0.2, -0.15) is 0 Å². The zero-order valence-corrected chi connectivity index (χ0v) is 12.1. The normalized spacial score (nSPS) is 29.5. The molecule has 1 atom stereocenters. The Morgan fingerprint density at radius 2 is 2.09 bits per heavy atom. The Hall–Kier alpha value is -2.50. The van der Waals surface area contributed by atoms with Gasteiger partial charge in [-0.1, -0.05) is 6.07 Å². The molecular weight excluding hydrogens is 282 g/mol. The van der Waals surface area contributed by atoms with E-state index in [4.69, 9.17) is 11.2 Å². The number of rotatable bonds is 1. The third-order valence-electron chi connectivity index (χ3n) is 3.85. The van der Waals surface area contributed by atoms with Gasteiger partial charge in [0, 0.05) is 17.5 Å². The Labute approximate surface area is 132 Å². The number of carbonyl (C=O) groups is 2. The fourth-order valence-electron chi connectivity index (χ4n) is 2.70. The zero-order chi connectivity index (χ0) is 19.7. The molecule has 6 heteroatoms.